The molecular formula is C28H43ClO9. The molecule has 9 nitrogen and oxygen atoms in total. The highest BCUT2D eigenvalue weighted by molar-refractivity contribution is 6.21. The maximum atomic E-state index is 12.7. The van der Waals surface area contributed by atoms with E-state index in [0.29, 0.717) is 5.57 Å². The third-order valence-electron chi connectivity index (χ3n) is 7.32. The molecule has 0 aromatic heterocycles. The van der Waals surface area contributed by atoms with Crippen LogP contribution in [0.3, 0.4) is 0 Å². The molecule has 0 aromatic rings. The molecule has 0 aliphatic heterocycles. The van der Waals surface area contributed by atoms with E-state index >= 15 is 0 Å². The average Bonchev–Trinajstić information content (AvgIpc) is 2.85. The Bertz CT molecular complexity index is 950. The summed E-state index contributed by atoms with van der Waals surface area (Å²) in [6, 6.07) is 0. The third kappa shape index (κ3) is 8.15. The first-order valence-electron chi connectivity index (χ1n) is 12.6. The molecule has 38 heavy (non-hydrogen) atoms. The van der Waals surface area contributed by atoms with Crippen LogP contribution in [0, 0.1) is 5.92 Å². The number of ether oxygens (including phenoxy) is 4. The first-order valence-corrected chi connectivity index (χ1v) is 13.0. The monoisotopic (exact) mass is 558 g/mol. The zero-order valence-electron chi connectivity index (χ0n) is 23.9. The molecule has 2 N–H and O–H groups in total. The van der Waals surface area contributed by atoms with Crippen molar-refractivity contribution in [2.24, 2.45) is 5.92 Å². The number of esters is 3. The molecule has 1 fully saturated rings. The second-order valence-electron chi connectivity index (χ2n) is 10.4. The van der Waals surface area contributed by atoms with Gasteiger partial charge in [-0.3, -0.25) is 4.79 Å². The number of carbonyl (C=O) groups is 3. The van der Waals surface area contributed by atoms with Crippen molar-refractivity contribution >= 4 is 29.5 Å². The van der Waals surface area contributed by atoms with Crippen LogP contribution in [0.5, 0.6) is 0 Å². The molecular weight excluding hydrogens is 516 g/mol. The predicted molar refractivity (Wildman–Crippen MR) is 143 cm³/mol. The van der Waals surface area contributed by atoms with Gasteiger partial charge in [0.05, 0.1) is 17.1 Å². The Labute approximate surface area is 230 Å². The van der Waals surface area contributed by atoms with E-state index in [-0.39, 0.29) is 24.0 Å². The average molecular weight is 559 g/mol. The highest BCUT2D eigenvalue weighted by Gasteiger charge is 2.56. The van der Waals surface area contributed by atoms with Gasteiger partial charge in [-0.05, 0) is 60.5 Å². The molecule has 216 valence electrons. The summed E-state index contributed by atoms with van der Waals surface area (Å²) >= 11 is 6.60. The molecule has 1 aliphatic rings. The lowest BCUT2D eigenvalue weighted by Crippen LogP contribution is -2.63. The second-order valence-corrected chi connectivity index (χ2v) is 10.9. The van der Waals surface area contributed by atoms with Gasteiger partial charge in [-0.2, -0.15) is 0 Å². The first-order chi connectivity index (χ1) is 17.4. The van der Waals surface area contributed by atoms with Gasteiger partial charge in [-0.1, -0.05) is 18.7 Å². The van der Waals surface area contributed by atoms with E-state index in [1.54, 1.807) is 53.7 Å². The summed E-state index contributed by atoms with van der Waals surface area (Å²) in [5.41, 5.74) is -1.84. The van der Waals surface area contributed by atoms with Crippen LogP contribution < -0.4 is 0 Å². The van der Waals surface area contributed by atoms with E-state index in [0.717, 1.165) is 0 Å². The molecule has 0 heterocycles. The van der Waals surface area contributed by atoms with Gasteiger partial charge in [0.25, 0.3) is 0 Å². The van der Waals surface area contributed by atoms with Gasteiger partial charge >= 0.3 is 17.9 Å². The lowest BCUT2D eigenvalue weighted by atomic mass is 9.70. The van der Waals surface area contributed by atoms with Crippen molar-refractivity contribution in [1.29, 1.82) is 0 Å². The number of alkyl halides is 1. The van der Waals surface area contributed by atoms with Gasteiger partial charge in [0.15, 0.2) is 6.10 Å². The molecule has 1 aliphatic carbocycles. The van der Waals surface area contributed by atoms with Gasteiger partial charge < -0.3 is 29.2 Å². The number of aliphatic hydroxyl groups excluding tert-OH is 1. The first kappa shape index (κ1) is 33.8. The van der Waals surface area contributed by atoms with Crippen LogP contribution in [0.2, 0.25) is 0 Å². The fourth-order valence-electron chi connectivity index (χ4n) is 4.00. The lowest BCUT2D eigenvalue weighted by Gasteiger charge is -2.48. The quantitative estimate of drug-likeness (QED) is 0.128. The largest absolute Gasteiger partial charge is 0.458 e. The molecule has 1 saturated carbocycles. The van der Waals surface area contributed by atoms with E-state index in [4.69, 9.17) is 30.5 Å². The van der Waals surface area contributed by atoms with Gasteiger partial charge in [-0.15, -0.1) is 11.6 Å². The standard InChI is InChI=1S/C28H43ClO9/c1-11-15(3)25(32)37-20(14-22(31)27(7,8)35-10)17(5)19-13-21(29)28(9,34)24(23(19)36-18(6)30)38-26(33)16(4)12-2/h11-12,19-24,31,34H,5,13-14H2,1-4,6-10H3. The number of aliphatic hydroxyl groups is 2. The second kappa shape index (κ2) is 13.7. The lowest BCUT2D eigenvalue weighted by molar-refractivity contribution is -0.202. The minimum absolute atomic E-state index is 0.0579. The minimum atomic E-state index is -1.77. The van der Waals surface area contributed by atoms with E-state index < -0.39 is 64.8 Å². The fraction of sp³-hybridized carbons (Fsp3) is 0.679. The number of halogens is 1. The summed E-state index contributed by atoms with van der Waals surface area (Å²) < 4.78 is 22.4. The van der Waals surface area contributed by atoms with Crippen LogP contribution in [-0.4, -0.2) is 76.2 Å². The Morgan fingerprint density at radius 2 is 1.63 bits per heavy atom. The zero-order valence-corrected chi connectivity index (χ0v) is 24.6. The van der Waals surface area contributed by atoms with Gasteiger partial charge in [-0.25, -0.2) is 9.59 Å². The van der Waals surface area contributed by atoms with Crippen LogP contribution in [0.25, 0.3) is 0 Å². The van der Waals surface area contributed by atoms with Gasteiger partial charge in [0, 0.05) is 37.5 Å². The Hall–Kier alpha value is -2.20. The van der Waals surface area contributed by atoms with E-state index in [1.807, 2.05) is 0 Å². The van der Waals surface area contributed by atoms with E-state index in [2.05, 4.69) is 6.58 Å². The molecule has 10 heteroatoms. The minimum Gasteiger partial charge on any atom is -0.458 e. The van der Waals surface area contributed by atoms with Gasteiger partial charge in [0.2, 0.25) is 0 Å². The smallest absolute Gasteiger partial charge is 0.333 e. The number of methoxy groups -OCH3 is 1. The topological polar surface area (TPSA) is 129 Å². The van der Waals surface area contributed by atoms with Crippen molar-refractivity contribution in [3.8, 4) is 0 Å². The zero-order chi connectivity index (χ0) is 29.6. The molecule has 0 radical (unpaired) electrons. The van der Waals surface area contributed by atoms with Crippen molar-refractivity contribution in [2.75, 3.05) is 7.11 Å². The Kier molecular flexibility index (Phi) is 12.2. The molecule has 0 spiro atoms. The van der Waals surface area contributed by atoms with Gasteiger partial charge in [0.1, 0.15) is 17.8 Å². The Morgan fingerprint density at radius 1 is 1.11 bits per heavy atom. The molecule has 0 aromatic carbocycles. The summed E-state index contributed by atoms with van der Waals surface area (Å²) in [6.45, 7) is 16.6. The Balaban J connectivity index is 3.58. The number of hydrogen-bond donors (Lipinski definition) is 2. The highest BCUT2D eigenvalue weighted by atomic mass is 35.5. The van der Waals surface area contributed by atoms with Crippen molar-refractivity contribution in [3.63, 3.8) is 0 Å². The highest BCUT2D eigenvalue weighted by Crippen LogP contribution is 2.44. The van der Waals surface area contributed by atoms with E-state index in [9.17, 15) is 24.6 Å². The van der Waals surface area contributed by atoms with Crippen molar-refractivity contribution in [3.05, 3.63) is 35.5 Å². The maximum Gasteiger partial charge on any atom is 0.333 e. The SMILES string of the molecule is C=C(C(CC(O)C(C)(C)OC)OC(=O)C(C)=CC)C1CC(Cl)C(C)(O)C(OC(=O)C(C)=CC)C1OC(C)=O. The molecule has 0 bridgehead atoms. The molecule has 1 rings (SSSR count). The fourth-order valence-corrected chi connectivity index (χ4v) is 4.32. The van der Waals surface area contributed by atoms with Crippen molar-refractivity contribution in [2.45, 2.75) is 109 Å². The summed E-state index contributed by atoms with van der Waals surface area (Å²) in [5, 5.41) is 21.2. The van der Waals surface area contributed by atoms with Crippen molar-refractivity contribution < 1.29 is 43.5 Å². The van der Waals surface area contributed by atoms with Crippen LogP contribution in [0.4, 0.5) is 0 Å². The molecule has 7 unspecified atom stereocenters. The van der Waals surface area contributed by atoms with Crippen LogP contribution >= 0.6 is 11.6 Å². The number of carbonyl (C=O) groups excluding carboxylic acids is 3. The summed E-state index contributed by atoms with van der Waals surface area (Å²) in [6.07, 6.45) is -1.58. The molecule has 7 atom stereocenters. The number of rotatable bonds is 11. The summed E-state index contributed by atoms with van der Waals surface area (Å²) in [4.78, 5) is 37.6. The number of hydrogen-bond acceptors (Lipinski definition) is 9. The van der Waals surface area contributed by atoms with Crippen LogP contribution in [0.1, 0.15) is 68.2 Å². The third-order valence-corrected chi connectivity index (χ3v) is 7.94. The molecule has 0 saturated heterocycles. The van der Waals surface area contributed by atoms with Crippen LogP contribution in [-0.2, 0) is 33.3 Å². The predicted octanol–water partition coefficient (Wildman–Crippen LogP) is 3.78. The summed E-state index contributed by atoms with van der Waals surface area (Å²) in [7, 11) is 1.45. The normalized spacial score (nSPS) is 28.2. The van der Waals surface area contributed by atoms with E-state index in [1.165, 1.54) is 21.0 Å². The molecule has 0 amide bonds. The van der Waals surface area contributed by atoms with Crippen LogP contribution in [0.15, 0.2) is 35.5 Å². The maximum absolute atomic E-state index is 12.7. The number of allylic oxidation sites excluding steroid dienone is 2. The van der Waals surface area contributed by atoms with Crippen molar-refractivity contribution in [1.82, 2.24) is 0 Å². The Morgan fingerprint density at radius 3 is 2.11 bits per heavy atom. The summed E-state index contributed by atoms with van der Waals surface area (Å²) in [5.74, 6) is -2.82.